The molecule has 1 fully saturated rings. The van der Waals surface area contributed by atoms with Gasteiger partial charge in [-0.2, -0.15) is 0 Å². The Bertz CT molecular complexity index is 1200. The number of nitrogens with one attached hydrogen (secondary N) is 2. The molecular formula is C25H32Cl2N4O4S. The van der Waals surface area contributed by atoms with Gasteiger partial charge in [0.15, 0.2) is 0 Å². The van der Waals surface area contributed by atoms with Crippen LogP contribution in [-0.4, -0.2) is 70.0 Å². The minimum atomic E-state index is -3.85. The Morgan fingerprint density at radius 2 is 1.86 bits per heavy atom. The average Bonchev–Trinajstić information content (AvgIpc) is 2.82. The number of nitrogens with zero attached hydrogens (tertiary/aromatic N) is 2. The number of piperazine rings is 1. The van der Waals surface area contributed by atoms with E-state index in [1.807, 2.05) is 6.07 Å². The van der Waals surface area contributed by atoms with Crippen molar-refractivity contribution in [3.05, 3.63) is 57.6 Å². The summed E-state index contributed by atoms with van der Waals surface area (Å²) in [4.78, 5) is 17.5. The third-order valence-corrected chi connectivity index (χ3v) is 8.83. The maximum absolute atomic E-state index is 12.8. The van der Waals surface area contributed by atoms with Gasteiger partial charge in [-0.05, 0) is 43.8 Å². The molecule has 0 aromatic heterocycles. The summed E-state index contributed by atoms with van der Waals surface area (Å²) < 4.78 is 33.8. The SMILES string of the molecule is C[C@@H](CC(=O)NC1CCOc2cc(CN3CCN(C)CC3)ccc21)NS(=O)(=O)c1ccc(Cl)c(Cl)c1. The molecule has 1 amide bonds. The number of amides is 1. The maximum Gasteiger partial charge on any atom is 0.240 e. The average molecular weight is 556 g/mol. The van der Waals surface area contributed by atoms with E-state index in [1.165, 1.54) is 23.8 Å². The quantitative estimate of drug-likeness (QED) is 0.519. The molecule has 11 heteroatoms. The third-order valence-electron chi connectivity index (χ3n) is 6.50. The first-order valence-corrected chi connectivity index (χ1v) is 14.3. The molecule has 0 bridgehead atoms. The van der Waals surface area contributed by atoms with Crippen molar-refractivity contribution in [2.75, 3.05) is 39.8 Å². The van der Waals surface area contributed by atoms with E-state index in [9.17, 15) is 13.2 Å². The fourth-order valence-electron chi connectivity index (χ4n) is 4.50. The van der Waals surface area contributed by atoms with Gasteiger partial charge in [0.25, 0.3) is 0 Å². The molecule has 2 atom stereocenters. The molecule has 2 aromatic carbocycles. The smallest absolute Gasteiger partial charge is 0.240 e. The van der Waals surface area contributed by atoms with Crippen LogP contribution in [0.1, 0.15) is 36.9 Å². The molecule has 196 valence electrons. The highest BCUT2D eigenvalue weighted by atomic mass is 35.5. The summed E-state index contributed by atoms with van der Waals surface area (Å²) in [6, 6.07) is 9.48. The van der Waals surface area contributed by atoms with Crippen LogP contribution in [0.4, 0.5) is 0 Å². The molecule has 2 aliphatic rings. The van der Waals surface area contributed by atoms with Crippen LogP contribution in [0.5, 0.6) is 5.75 Å². The van der Waals surface area contributed by atoms with Crippen LogP contribution in [0, 0.1) is 0 Å². The van der Waals surface area contributed by atoms with Crippen molar-refractivity contribution < 1.29 is 17.9 Å². The van der Waals surface area contributed by atoms with Gasteiger partial charge in [-0.1, -0.05) is 35.3 Å². The van der Waals surface area contributed by atoms with Crippen molar-refractivity contribution in [3.63, 3.8) is 0 Å². The number of sulfonamides is 1. The van der Waals surface area contributed by atoms with Crippen LogP contribution in [0.15, 0.2) is 41.3 Å². The normalized spacial score (nSPS) is 19.8. The standard InChI is InChI=1S/C25H32Cl2N4O4S/c1-17(29-36(33,34)19-4-6-21(26)22(27)15-19)13-25(32)28-23-7-12-35-24-14-18(3-5-20(23)24)16-31-10-8-30(2)9-11-31/h3-6,14-15,17,23,29H,7-13,16H2,1-2H3,(H,28,32)/t17-,23?/m0/s1. The maximum atomic E-state index is 12.8. The molecule has 2 heterocycles. The van der Waals surface area contributed by atoms with Gasteiger partial charge in [-0.15, -0.1) is 0 Å². The van der Waals surface area contributed by atoms with Crippen molar-refractivity contribution >= 4 is 39.1 Å². The molecule has 0 radical (unpaired) electrons. The lowest BCUT2D eigenvalue weighted by Gasteiger charge is -2.33. The number of hydrogen-bond acceptors (Lipinski definition) is 6. The van der Waals surface area contributed by atoms with Crippen LogP contribution in [-0.2, 0) is 21.4 Å². The second-order valence-electron chi connectivity index (χ2n) is 9.51. The van der Waals surface area contributed by atoms with Crippen LogP contribution >= 0.6 is 23.2 Å². The van der Waals surface area contributed by atoms with Crippen LogP contribution in [0.3, 0.4) is 0 Å². The number of carbonyl (C=O) groups is 1. The molecule has 0 saturated carbocycles. The highest BCUT2D eigenvalue weighted by molar-refractivity contribution is 7.89. The third kappa shape index (κ3) is 6.90. The Hall–Kier alpha value is -1.88. The first-order chi connectivity index (χ1) is 17.1. The monoisotopic (exact) mass is 554 g/mol. The van der Waals surface area contributed by atoms with Crippen LogP contribution in [0.2, 0.25) is 10.0 Å². The number of fused-ring (bicyclic) bond motifs is 1. The van der Waals surface area contributed by atoms with Crippen LogP contribution < -0.4 is 14.8 Å². The second-order valence-corrected chi connectivity index (χ2v) is 12.0. The predicted molar refractivity (Wildman–Crippen MR) is 141 cm³/mol. The summed E-state index contributed by atoms with van der Waals surface area (Å²) >= 11 is 11.8. The summed E-state index contributed by atoms with van der Waals surface area (Å²) in [5.74, 6) is 0.560. The van der Waals surface area contributed by atoms with E-state index in [1.54, 1.807) is 6.92 Å². The molecule has 4 rings (SSSR count). The number of ether oxygens (including phenoxy) is 1. The molecular weight excluding hydrogens is 523 g/mol. The molecule has 0 spiro atoms. The van der Waals surface area contributed by atoms with E-state index >= 15 is 0 Å². The Kier molecular flexibility index (Phi) is 8.80. The van der Waals surface area contributed by atoms with E-state index in [-0.39, 0.29) is 33.3 Å². The number of rotatable bonds is 8. The molecule has 8 nitrogen and oxygen atoms in total. The Morgan fingerprint density at radius 3 is 2.58 bits per heavy atom. The first-order valence-electron chi connectivity index (χ1n) is 12.0. The number of hydrogen-bond donors (Lipinski definition) is 2. The summed E-state index contributed by atoms with van der Waals surface area (Å²) in [6.07, 6.45) is 0.647. The number of halogens is 2. The van der Waals surface area contributed by atoms with Gasteiger partial charge in [-0.3, -0.25) is 9.69 Å². The topological polar surface area (TPSA) is 91.0 Å². The fraction of sp³-hybridized carbons (Fsp3) is 0.480. The summed E-state index contributed by atoms with van der Waals surface area (Å²) in [7, 11) is -1.70. The molecule has 2 N–H and O–H groups in total. The van der Waals surface area contributed by atoms with Gasteiger partial charge in [-0.25, -0.2) is 13.1 Å². The van der Waals surface area contributed by atoms with Gasteiger partial charge in [0.05, 0.1) is 27.6 Å². The molecule has 36 heavy (non-hydrogen) atoms. The minimum absolute atomic E-state index is 0.00473. The summed E-state index contributed by atoms with van der Waals surface area (Å²) in [6.45, 7) is 7.25. The fourth-order valence-corrected chi connectivity index (χ4v) is 6.13. The number of likely N-dealkylation sites (N-methyl/N-ethyl adjacent to an activating group) is 1. The molecule has 1 saturated heterocycles. The van der Waals surface area contributed by atoms with E-state index < -0.39 is 16.1 Å². The van der Waals surface area contributed by atoms with E-state index in [0.29, 0.717) is 13.0 Å². The van der Waals surface area contributed by atoms with Crippen LogP contribution in [0.25, 0.3) is 0 Å². The van der Waals surface area contributed by atoms with Crippen molar-refractivity contribution in [2.24, 2.45) is 0 Å². The van der Waals surface area contributed by atoms with Gasteiger partial charge in [0, 0.05) is 57.2 Å². The lowest BCUT2D eigenvalue weighted by atomic mass is 9.98. The highest BCUT2D eigenvalue weighted by Gasteiger charge is 2.26. The molecule has 0 aliphatic carbocycles. The van der Waals surface area contributed by atoms with Crippen molar-refractivity contribution in [1.82, 2.24) is 19.8 Å². The lowest BCUT2D eigenvalue weighted by Crippen LogP contribution is -2.43. The zero-order valence-corrected chi connectivity index (χ0v) is 22.8. The first kappa shape index (κ1) is 27.2. The second kappa shape index (κ2) is 11.7. The van der Waals surface area contributed by atoms with Crippen molar-refractivity contribution in [3.8, 4) is 5.75 Å². The molecule has 1 unspecified atom stereocenters. The lowest BCUT2D eigenvalue weighted by molar-refractivity contribution is -0.122. The number of carbonyl (C=O) groups excluding carboxylic acids is 1. The Balaban J connectivity index is 1.34. The van der Waals surface area contributed by atoms with E-state index in [4.69, 9.17) is 27.9 Å². The molecule has 2 aromatic rings. The highest BCUT2D eigenvalue weighted by Crippen LogP contribution is 2.33. The zero-order chi connectivity index (χ0) is 25.9. The van der Waals surface area contributed by atoms with Crippen molar-refractivity contribution in [1.29, 1.82) is 0 Å². The summed E-state index contributed by atoms with van der Waals surface area (Å²) in [5, 5.41) is 3.46. The van der Waals surface area contributed by atoms with E-state index in [0.717, 1.165) is 44.0 Å². The zero-order valence-electron chi connectivity index (χ0n) is 20.5. The predicted octanol–water partition coefficient (Wildman–Crippen LogP) is 3.44. The Labute approximate surface area is 222 Å². The van der Waals surface area contributed by atoms with Crippen molar-refractivity contribution in [2.45, 2.75) is 43.3 Å². The summed E-state index contributed by atoms with van der Waals surface area (Å²) in [5.41, 5.74) is 2.14. The van der Waals surface area contributed by atoms with E-state index in [2.05, 4.69) is 39.0 Å². The van der Waals surface area contributed by atoms with Gasteiger partial charge in [0.2, 0.25) is 15.9 Å². The van der Waals surface area contributed by atoms with Gasteiger partial charge < -0.3 is 15.0 Å². The van der Waals surface area contributed by atoms with Gasteiger partial charge >= 0.3 is 0 Å². The van der Waals surface area contributed by atoms with Gasteiger partial charge in [0.1, 0.15) is 5.75 Å². The molecule has 2 aliphatic heterocycles. The largest absolute Gasteiger partial charge is 0.493 e. The number of benzene rings is 2. The Morgan fingerprint density at radius 1 is 1.11 bits per heavy atom. The minimum Gasteiger partial charge on any atom is -0.493 e.